The predicted molar refractivity (Wildman–Crippen MR) is 88.8 cm³/mol. The van der Waals surface area contributed by atoms with E-state index in [4.69, 9.17) is 9.47 Å². The van der Waals surface area contributed by atoms with Crippen molar-refractivity contribution in [2.24, 2.45) is 0 Å². The van der Waals surface area contributed by atoms with Gasteiger partial charge in [0.2, 0.25) is 0 Å². The van der Waals surface area contributed by atoms with Crippen LogP contribution in [-0.4, -0.2) is 48.9 Å². The minimum Gasteiger partial charge on any atom is -0.491 e. The number of carbonyl (C=O) groups excluding carboxylic acids is 1. The molecule has 1 atom stereocenters. The van der Waals surface area contributed by atoms with Crippen LogP contribution in [0.15, 0.2) is 18.2 Å². The van der Waals surface area contributed by atoms with Gasteiger partial charge in [0, 0.05) is 19.7 Å². The molecule has 2 aliphatic rings. The van der Waals surface area contributed by atoms with E-state index >= 15 is 0 Å². The number of hydrogen-bond acceptors (Lipinski definition) is 3. The molecule has 3 rings (SSSR count). The van der Waals surface area contributed by atoms with E-state index in [-0.39, 0.29) is 23.5 Å². The summed E-state index contributed by atoms with van der Waals surface area (Å²) in [5.74, 6) is 0.419. The summed E-state index contributed by atoms with van der Waals surface area (Å²) < 4.78 is 24.8. The number of hydrogen-bond donors (Lipinski definition) is 1. The van der Waals surface area contributed by atoms with Crippen LogP contribution in [0.2, 0.25) is 0 Å². The molecule has 1 saturated heterocycles. The van der Waals surface area contributed by atoms with Crippen molar-refractivity contribution in [3.8, 4) is 5.75 Å². The molecule has 0 spiro atoms. The van der Waals surface area contributed by atoms with Gasteiger partial charge in [-0.05, 0) is 56.9 Å². The number of amides is 2. The van der Waals surface area contributed by atoms with Gasteiger partial charge < -0.3 is 19.7 Å². The fraction of sp³-hybridized carbons (Fsp3) is 0.611. The third-order valence-electron chi connectivity index (χ3n) is 4.86. The first-order valence-electron chi connectivity index (χ1n) is 8.60. The van der Waals surface area contributed by atoms with E-state index in [1.165, 1.54) is 12.1 Å². The van der Waals surface area contributed by atoms with Crippen molar-refractivity contribution in [3.63, 3.8) is 0 Å². The number of ether oxygens (including phenoxy) is 2. The first-order valence-corrected chi connectivity index (χ1v) is 8.60. The number of halogens is 1. The fourth-order valence-electron chi connectivity index (χ4n) is 3.40. The molecule has 1 aromatic carbocycles. The Morgan fingerprint density at radius 2 is 2.21 bits per heavy atom. The van der Waals surface area contributed by atoms with Crippen LogP contribution in [0.25, 0.3) is 0 Å². The standard InChI is InChI=1S/C18H25FN2O3/c1-3-24-18(2)6-8-21(9-7-18)17(22)20-15-11-13-10-14(19)4-5-16(13)23-12-15/h4-5,10,15H,3,6-9,11-12H2,1-2H3,(H,20,22). The highest BCUT2D eigenvalue weighted by Crippen LogP contribution is 2.27. The highest BCUT2D eigenvalue weighted by atomic mass is 19.1. The lowest BCUT2D eigenvalue weighted by atomic mass is 9.93. The molecule has 0 aliphatic carbocycles. The van der Waals surface area contributed by atoms with Gasteiger partial charge in [0.1, 0.15) is 18.2 Å². The summed E-state index contributed by atoms with van der Waals surface area (Å²) in [6.45, 7) is 6.56. The molecular formula is C18H25FN2O3. The number of carbonyl (C=O) groups is 1. The molecule has 24 heavy (non-hydrogen) atoms. The summed E-state index contributed by atoms with van der Waals surface area (Å²) in [7, 11) is 0. The van der Waals surface area contributed by atoms with Gasteiger partial charge in [0.25, 0.3) is 0 Å². The maximum absolute atomic E-state index is 13.3. The van der Waals surface area contributed by atoms with Crippen molar-refractivity contribution in [2.75, 3.05) is 26.3 Å². The van der Waals surface area contributed by atoms with Crippen LogP contribution in [0.1, 0.15) is 32.3 Å². The zero-order valence-corrected chi connectivity index (χ0v) is 14.3. The number of nitrogens with one attached hydrogen (secondary N) is 1. The fourth-order valence-corrected chi connectivity index (χ4v) is 3.40. The summed E-state index contributed by atoms with van der Waals surface area (Å²) in [6.07, 6.45) is 2.26. The number of piperidine rings is 1. The second kappa shape index (κ2) is 6.97. The lowest BCUT2D eigenvalue weighted by Gasteiger charge is -2.39. The van der Waals surface area contributed by atoms with Gasteiger partial charge in [-0.25, -0.2) is 9.18 Å². The van der Waals surface area contributed by atoms with E-state index in [0.29, 0.717) is 38.5 Å². The molecule has 2 aliphatic heterocycles. The van der Waals surface area contributed by atoms with E-state index in [1.807, 2.05) is 11.8 Å². The van der Waals surface area contributed by atoms with E-state index in [1.54, 1.807) is 6.07 Å². The molecule has 5 nitrogen and oxygen atoms in total. The highest BCUT2D eigenvalue weighted by Gasteiger charge is 2.33. The van der Waals surface area contributed by atoms with Crippen molar-refractivity contribution in [1.82, 2.24) is 10.2 Å². The van der Waals surface area contributed by atoms with Gasteiger partial charge in [-0.3, -0.25) is 0 Å². The highest BCUT2D eigenvalue weighted by molar-refractivity contribution is 5.74. The first kappa shape index (κ1) is 17.0. The number of rotatable bonds is 3. The zero-order chi connectivity index (χ0) is 17.2. The van der Waals surface area contributed by atoms with Crippen LogP contribution in [0.4, 0.5) is 9.18 Å². The van der Waals surface area contributed by atoms with Gasteiger partial charge in [-0.15, -0.1) is 0 Å². The number of likely N-dealkylation sites (tertiary alicyclic amines) is 1. The van der Waals surface area contributed by atoms with Crippen molar-refractivity contribution in [3.05, 3.63) is 29.6 Å². The zero-order valence-electron chi connectivity index (χ0n) is 14.3. The Balaban J connectivity index is 1.53. The monoisotopic (exact) mass is 336 g/mol. The molecule has 6 heteroatoms. The maximum atomic E-state index is 13.3. The molecule has 1 N–H and O–H groups in total. The molecule has 1 unspecified atom stereocenters. The average Bonchev–Trinajstić information content (AvgIpc) is 2.55. The topological polar surface area (TPSA) is 50.8 Å². The summed E-state index contributed by atoms with van der Waals surface area (Å²) in [4.78, 5) is 14.3. The smallest absolute Gasteiger partial charge is 0.317 e. The molecule has 0 radical (unpaired) electrons. The normalized spacial score (nSPS) is 22.5. The van der Waals surface area contributed by atoms with Crippen LogP contribution in [0.5, 0.6) is 5.75 Å². The Hall–Kier alpha value is -1.82. The lowest BCUT2D eigenvalue weighted by Crippen LogP contribution is -2.53. The Morgan fingerprint density at radius 1 is 1.46 bits per heavy atom. The largest absolute Gasteiger partial charge is 0.491 e. The number of fused-ring (bicyclic) bond motifs is 1. The Morgan fingerprint density at radius 3 is 2.92 bits per heavy atom. The minimum absolute atomic E-state index is 0.0815. The summed E-state index contributed by atoms with van der Waals surface area (Å²) >= 11 is 0. The molecule has 1 aromatic rings. The molecule has 1 fully saturated rings. The number of benzene rings is 1. The van der Waals surface area contributed by atoms with Crippen molar-refractivity contribution < 1.29 is 18.7 Å². The molecule has 132 valence electrons. The maximum Gasteiger partial charge on any atom is 0.317 e. The molecule has 2 heterocycles. The van der Waals surface area contributed by atoms with Crippen LogP contribution < -0.4 is 10.1 Å². The van der Waals surface area contributed by atoms with Gasteiger partial charge in [0.15, 0.2) is 0 Å². The minimum atomic E-state index is -0.282. The molecular weight excluding hydrogens is 311 g/mol. The Labute approximate surface area is 142 Å². The van der Waals surface area contributed by atoms with Crippen molar-refractivity contribution >= 4 is 6.03 Å². The van der Waals surface area contributed by atoms with E-state index < -0.39 is 0 Å². The Kier molecular flexibility index (Phi) is 4.94. The van der Waals surface area contributed by atoms with Crippen LogP contribution in [0.3, 0.4) is 0 Å². The first-order chi connectivity index (χ1) is 11.5. The van der Waals surface area contributed by atoms with E-state index in [9.17, 15) is 9.18 Å². The van der Waals surface area contributed by atoms with E-state index in [2.05, 4.69) is 12.2 Å². The summed E-state index contributed by atoms with van der Waals surface area (Å²) in [6, 6.07) is 4.29. The predicted octanol–water partition coefficient (Wildman–Crippen LogP) is 2.73. The van der Waals surface area contributed by atoms with Crippen molar-refractivity contribution in [2.45, 2.75) is 44.8 Å². The molecule has 2 amide bonds. The number of urea groups is 1. The second-order valence-electron chi connectivity index (χ2n) is 6.78. The quantitative estimate of drug-likeness (QED) is 0.923. The molecule has 0 bridgehead atoms. The van der Waals surface area contributed by atoms with Crippen LogP contribution in [-0.2, 0) is 11.2 Å². The molecule has 0 saturated carbocycles. The lowest BCUT2D eigenvalue weighted by molar-refractivity contribution is -0.0597. The van der Waals surface area contributed by atoms with Gasteiger partial charge in [-0.2, -0.15) is 0 Å². The Bertz CT molecular complexity index is 600. The average molecular weight is 336 g/mol. The molecule has 0 aromatic heterocycles. The SMILES string of the molecule is CCOC1(C)CCN(C(=O)NC2COc3ccc(F)cc3C2)CC1. The second-order valence-corrected chi connectivity index (χ2v) is 6.78. The summed E-state index contributed by atoms with van der Waals surface area (Å²) in [5.41, 5.74) is 0.671. The van der Waals surface area contributed by atoms with Crippen molar-refractivity contribution in [1.29, 1.82) is 0 Å². The van der Waals surface area contributed by atoms with Gasteiger partial charge in [0.05, 0.1) is 11.6 Å². The third kappa shape index (κ3) is 3.80. The van der Waals surface area contributed by atoms with Crippen LogP contribution in [0, 0.1) is 5.82 Å². The van der Waals surface area contributed by atoms with E-state index in [0.717, 1.165) is 18.4 Å². The van der Waals surface area contributed by atoms with Gasteiger partial charge in [-0.1, -0.05) is 0 Å². The van der Waals surface area contributed by atoms with Crippen LogP contribution >= 0.6 is 0 Å². The third-order valence-corrected chi connectivity index (χ3v) is 4.86. The van der Waals surface area contributed by atoms with Gasteiger partial charge >= 0.3 is 6.03 Å². The summed E-state index contributed by atoms with van der Waals surface area (Å²) in [5, 5.41) is 3.01. The number of nitrogens with zero attached hydrogens (tertiary/aromatic N) is 1.